The second-order valence-electron chi connectivity index (χ2n) is 4.43. The molecular formula is C17H15NO3. The topological polar surface area (TPSA) is 59.3 Å². The van der Waals surface area contributed by atoms with Crippen LogP contribution in [0.4, 0.5) is 0 Å². The van der Waals surface area contributed by atoms with E-state index < -0.39 is 5.92 Å². The number of hydrogen-bond donors (Lipinski definition) is 0. The summed E-state index contributed by atoms with van der Waals surface area (Å²) in [6.07, 6.45) is 0. The van der Waals surface area contributed by atoms with Crippen LogP contribution in [0.2, 0.25) is 0 Å². The van der Waals surface area contributed by atoms with Crippen LogP contribution in [0.1, 0.15) is 21.8 Å². The number of Topliss-reactive ketones (excluding diaryl/α,β-unsaturated/α-hetero) is 1. The Morgan fingerprint density at radius 3 is 2.29 bits per heavy atom. The second-order valence-corrected chi connectivity index (χ2v) is 4.43. The number of methoxy groups -OCH3 is 2. The van der Waals surface area contributed by atoms with E-state index >= 15 is 0 Å². The maximum absolute atomic E-state index is 12.5. The molecule has 0 saturated carbocycles. The first-order chi connectivity index (χ1) is 10.2. The Labute approximate surface area is 123 Å². The van der Waals surface area contributed by atoms with Crippen molar-refractivity contribution in [3.05, 3.63) is 59.7 Å². The molecule has 0 radical (unpaired) electrons. The van der Waals surface area contributed by atoms with Crippen molar-refractivity contribution in [2.24, 2.45) is 0 Å². The number of nitriles is 1. The molecule has 21 heavy (non-hydrogen) atoms. The number of ether oxygens (including phenoxy) is 2. The van der Waals surface area contributed by atoms with Crippen molar-refractivity contribution in [3.63, 3.8) is 0 Å². The molecule has 4 nitrogen and oxygen atoms in total. The van der Waals surface area contributed by atoms with Gasteiger partial charge in [0.15, 0.2) is 5.78 Å². The zero-order valence-corrected chi connectivity index (χ0v) is 11.9. The van der Waals surface area contributed by atoms with Crippen LogP contribution in [0.5, 0.6) is 11.5 Å². The van der Waals surface area contributed by atoms with Gasteiger partial charge in [0.25, 0.3) is 0 Å². The zero-order valence-electron chi connectivity index (χ0n) is 11.9. The van der Waals surface area contributed by atoms with Crippen LogP contribution in [-0.4, -0.2) is 20.0 Å². The summed E-state index contributed by atoms with van der Waals surface area (Å²) in [6, 6.07) is 15.8. The number of nitrogens with zero attached hydrogens (tertiary/aromatic N) is 1. The molecule has 0 saturated heterocycles. The molecule has 2 rings (SSSR count). The molecule has 1 atom stereocenters. The first-order valence-electron chi connectivity index (χ1n) is 6.41. The molecule has 1 unspecified atom stereocenters. The van der Waals surface area contributed by atoms with Crippen molar-refractivity contribution in [2.45, 2.75) is 5.92 Å². The van der Waals surface area contributed by atoms with Gasteiger partial charge in [-0.15, -0.1) is 0 Å². The van der Waals surface area contributed by atoms with E-state index in [0.717, 1.165) is 0 Å². The molecule has 0 spiro atoms. The lowest BCUT2D eigenvalue weighted by Gasteiger charge is -2.10. The number of carbonyl (C=O) groups is 1. The van der Waals surface area contributed by atoms with Gasteiger partial charge in [0.05, 0.1) is 20.3 Å². The molecule has 0 N–H and O–H groups in total. The summed E-state index contributed by atoms with van der Waals surface area (Å²) in [7, 11) is 3.11. The number of hydrogen-bond acceptors (Lipinski definition) is 4. The third-order valence-corrected chi connectivity index (χ3v) is 3.19. The van der Waals surface area contributed by atoms with Crippen molar-refractivity contribution in [2.75, 3.05) is 14.2 Å². The van der Waals surface area contributed by atoms with Crippen molar-refractivity contribution >= 4 is 5.78 Å². The summed E-state index contributed by atoms with van der Waals surface area (Å²) >= 11 is 0. The SMILES string of the molecule is COc1ccc(C(=O)C(C#N)c2cccc(OC)c2)cc1. The number of carbonyl (C=O) groups excluding carboxylic acids is 1. The minimum atomic E-state index is -0.853. The molecule has 2 aromatic rings. The highest BCUT2D eigenvalue weighted by Crippen LogP contribution is 2.24. The van der Waals surface area contributed by atoms with Crippen molar-refractivity contribution in [1.29, 1.82) is 5.26 Å². The van der Waals surface area contributed by atoms with E-state index in [0.29, 0.717) is 22.6 Å². The minimum absolute atomic E-state index is 0.242. The molecule has 0 aromatic heterocycles. The Morgan fingerprint density at radius 2 is 1.71 bits per heavy atom. The van der Waals surface area contributed by atoms with Gasteiger partial charge in [0.2, 0.25) is 0 Å². The largest absolute Gasteiger partial charge is 0.497 e. The van der Waals surface area contributed by atoms with Gasteiger partial charge in [-0.1, -0.05) is 12.1 Å². The summed E-state index contributed by atoms with van der Waals surface area (Å²) in [5, 5.41) is 9.34. The fourth-order valence-corrected chi connectivity index (χ4v) is 2.03. The quantitative estimate of drug-likeness (QED) is 0.790. The highest BCUT2D eigenvalue weighted by Gasteiger charge is 2.22. The van der Waals surface area contributed by atoms with Crippen molar-refractivity contribution in [3.8, 4) is 17.6 Å². The molecule has 0 fully saturated rings. The lowest BCUT2D eigenvalue weighted by atomic mass is 9.92. The van der Waals surface area contributed by atoms with E-state index in [9.17, 15) is 10.1 Å². The summed E-state index contributed by atoms with van der Waals surface area (Å²) in [5.41, 5.74) is 1.10. The molecule has 0 heterocycles. The minimum Gasteiger partial charge on any atom is -0.497 e. The Morgan fingerprint density at radius 1 is 1.05 bits per heavy atom. The summed E-state index contributed by atoms with van der Waals surface area (Å²) < 4.78 is 10.2. The third-order valence-electron chi connectivity index (χ3n) is 3.19. The van der Waals surface area contributed by atoms with E-state index in [1.54, 1.807) is 62.8 Å². The van der Waals surface area contributed by atoms with Crippen LogP contribution in [-0.2, 0) is 0 Å². The van der Waals surface area contributed by atoms with Gasteiger partial charge in [-0.2, -0.15) is 5.26 Å². The molecule has 0 aliphatic rings. The van der Waals surface area contributed by atoms with Gasteiger partial charge in [0.1, 0.15) is 17.4 Å². The Bertz CT molecular complexity index is 671. The zero-order chi connectivity index (χ0) is 15.2. The average Bonchev–Trinajstić information content (AvgIpc) is 2.55. The van der Waals surface area contributed by atoms with Gasteiger partial charge < -0.3 is 9.47 Å². The second kappa shape index (κ2) is 6.58. The van der Waals surface area contributed by atoms with Crippen molar-refractivity contribution in [1.82, 2.24) is 0 Å². The lowest BCUT2D eigenvalue weighted by Crippen LogP contribution is -2.11. The maximum Gasteiger partial charge on any atom is 0.184 e. The van der Waals surface area contributed by atoms with E-state index in [1.165, 1.54) is 0 Å². The van der Waals surface area contributed by atoms with Gasteiger partial charge >= 0.3 is 0 Å². The normalized spacial score (nSPS) is 11.3. The summed E-state index contributed by atoms with van der Waals surface area (Å²) in [6.45, 7) is 0. The van der Waals surface area contributed by atoms with Crippen LogP contribution >= 0.6 is 0 Å². The van der Waals surface area contributed by atoms with E-state index in [1.807, 2.05) is 0 Å². The Kier molecular flexibility index (Phi) is 4.57. The van der Waals surface area contributed by atoms with Gasteiger partial charge in [-0.3, -0.25) is 4.79 Å². The molecule has 0 aliphatic heterocycles. The van der Waals surface area contributed by atoms with E-state index in [-0.39, 0.29) is 5.78 Å². The van der Waals surface area contributed by atoms with Crippen molar-refractivity contribution < 1.29 is 14.3 Å². The van der Waals surface area contributed by atoms with Crippen LogP contribution in [0.3, 0.4) is 0 Å². The summed E-state index contributed by atoms with van der Waals surface area (Å²) in [4.78, 5) is 12.5. The standard InChI is InChI=1S/C17H15NO3/c1-20-14-8-6-12(7-9-14)17(19)16(11-18)13-4-3-5-15(10-13)21-2/h3-10,16H,1-2H3. The predicted molar refractivity (Wildman–Crippen MR) is 78.7 cm³/mol. The first kappa shape index (κ1) is 14.6. The fraction of sp³-hybridized carbons (Fsp3) is 0.176. The monoisotopic (exact) mass is 281 g/mol. The number of ketones is 1. The molecule has 0 amide bonds. The molecule has 0 bridgehead atoms. The smallest absolute Gasteiger partial charge is 0.184 e. The fourth-order valence-electron chi connectivity index (χ4n) is 2.03. The molecular weight excluding hydrogens is 266 g/mol. The third kappa shape index (κ3) is 3.21. The number of rotatable bonds is 5. The van der Waals surface area contributed by atoms with E-state index in [4.69, 9.17) is 9.47 Å². The Balaban J connectivity index is 2.31. The maximum atomic E-state index is 12.5. The van der Waals surface area contributed by atoms with Gasteiger partial charge in [-0.05, 0) is 42.0 Å². The predicted octanol–water partition coefficient (Wildman–Crippen LogP) is 3.19. The van der Waals surface area contributed by atoms with E-state index in [2.05, 4.69) is 6.07 Å². The van der Waals surface area contributed by atoms with Crippen LogP contribution in [0, 0.1) is 11.3 Å². The molecule has 4 heteroatoms. The van der Waals surface area contributed by atoms with Crippen LogP contribution in [0.15, 0.2) is 48.5 Å². The van der Waals surface area contributed by atoms with Gasteiger partial charge in [0, 0.05) is 5.56 Å². The Hall–Kier alpha value is -2.80. The molecule has 2 aromatic carbocycles. The highest BCUT2D eigenvalue weighted by molar-refractivity contribution is 6.02. The lowest BCUT2D eigenvalue weighted by molar-refractivity contribution is 0.0979. The van der Waals surface area contributed by atoms with Crippen LogP contribution in [0.25, 0.3) is 0 Å². The first-order valence-corrected chi connectivity index (χ1v) is 6.41. The highest BCUT2D eigenvalue weighted by atomic mass is 16.5. The van der Waals surface area contributed by atoms with Gasteiger partial charge in [-0.25, -0.2) is 0 Å². The summed E-state index contributed by atoms with van der Waals surface area (Å²) in [5.74, 6) is 0.193. The molecule has 0 aliphatic carbocycles. The average molecular weight is 281 g/mol. The van der Waals surface area contributed by atoms with Crippen LogP contribution < -0.4 is 9.47 Å². The molecule has 106 valence electrons. The number of benzene rings is 2.